The highest BCUT2D eigenvalue weighted by atomic mass is 16.6. The van der Waals surface area contributed by atoms with Crippen LogP contribution in [-0.2, 0) is 9.59 Å². The molecule has 0 saturated carbocycles. The van der Waals surface area contributed by atoms with E-state index in [9.17, 15) is 19.7 Å². The maximum atomic E-state index is 11.8. The number of nitro groups is 1. The van der Waals surface area contributed by atoms with Crippen LogP contribution in [0.15, 0.2) is 24.3 Å². The normalized spacial score (nSPS) is 10.7. The minimum absolute atomic E-state index is 0.0169. The van der Waals surface area contributed by atoms with E-state index in [1.807, 2.05) is 13.8 Å². The third-order valence-corrected chi connectivity index (χ3v) is 3.06. The molecular formula is C14H19N3O5. The molecule has 0 atom stereocenters. The molecule has 22 heavy (non-hydrogen) atoms. The van der Waals surface area contributed by atoms with Gasteiger partial charge in [-0.2, -0.15) is 0 Å². The summed E-state index contributed by atoms with van der Waals surface area (Å²) in [6, 6.07) is 5.53. The molecule has 1 amide bonds. The summed E-state index contributed by atoms with van der Waals surface area (Å²) in [5.41, 5.74) is 0.412. The summed E-state index contributed by atoms with van der Waals surface area (Å²) >= 11 is 0. The summed E-state index contributed by atoms with van der Waals surface area (Å²) in [4.78, 5) is 34.3. The topological polar surface area (TPSA) is 113 Å². The van der Waals surface area contributed by atoms with Gasteiger partial charge in [0.25, 0.3) is 5.69 Å². The molecule has 0 radical (unpaired) electrons. The van der Waals surface area contributed by atoms with Crippen molar-refractivity contribution in [2.75, 3.05) is 18.4 Å². The molecule has 0 aliphatic carbocycles. The maximum absolute atomic E-state index is 11.8. The summed E-state index contributed by atoms with van der Waals surface area (Å²) in [7, 11) is 0. The van der Waals surface area contributed by atoms with Gasteiger partial charge in [0.05, 0.1) is 11.5 Å². The third kappa shape index (κ3) is 5.88. The number of carbonyl (C=O) groups is 2. The lowest BCUT2D eigenvalue weighted by molar-refractivity contribution is -0.384. The van der Waals surface area contributed by atoms with Crippen LogP contribution in [0.5, 0.6) is 0 Å². The highest BCUT2D eigenvalue weighted by molar-refractivity contribution is 5.90. The molecule has 0 heterocycles. The summed E-state index contributed by atoms with van der Waals surface area (Å²) in [6.45, 7) is 3.92. The molecule has 2 N–H and O–H groups in total. The molecule has 0 aliphatic heterocycles. The Bertz CT molecular complexity index is 542. The van der Waals surface area contributed by atoms with Crippen molar-refractivity contribution >= 4 is 23.3 Å². The van der Waals surface area contributed by atoms with Crippen LogP contribution in [0.1, 0.15) is 20.3 Å². The molecule has 0 aromatic heterocycles. The van der Waals surface area contributed by atoms with E-state index >= 15 is 0 Å². The minimum Gasteiger partial charge on any atom is -0.480 e. The molecule has 1 aromatic rings. The highest BCUT2D eigenvalue weighted by Gasteiger charge is 2.15. The van der Waals surface area contributed by atoms with Gasteiger partial charge in [0.15, 0.2) is 0 Å². The minimum atomic E-state index is -0.940. The number of aliphatic carboxylic acids is 1. The Morgan fingerprint density at radius 1 is 1.32 bits per heavy atom. The van der Waals surface area contributed by atoms with Crippen LogP contribution >= 0.6 is 0 Å². The zero-order valence-electron chi connectivity index (χ0n) is 12.5. The maximum Gasteiger partial charge on any atom is 0.317 e. The Morgan fingerprint density at radius 2 is 1.91 bits per heavy atom. The number of non-ortho nitro benzene ring substituents is 1. The van der Waals surface area contributed by atoms with Crippen LogP contribution < -0.4 is 5.32 Å². The predicted octanol–water partition coefficient (Wildman–Crippen LogP) is 1.72. The Hall–Kier alpha value is -2.48. The van der Waals surface area contributed by atoms with Gasteiger partial charge in [-0.1, -0.05) is 0 Å². The molecule has 0 unspecified atom stereocenters. The van der Waals surface area contributed by atoms with Crippen LogP contribution in [0, 0.1) is 10.1 Å². The fourth-order valence-corrected chi connectivity index (χ4v) is 1.83. The number of anilines is 1. The number of carbonyl (C=O) groups excluding carboxylic acids is 1. The van der Waals surface area contributed by atoms with Gasteiger partial charge < -0.3 is 10.4 Å². The first-order chi connectivity index (χ1) is 10.3. The molecule has 0 bridgehead atoms. The van der Waals surface area contributed by atoms with Crippen molar-refractivity contribution in [2.24, 2.45) is 0 Å². The summed E-state index contributed by atoms with van der Waals surface area (Å²) < 4.78 is 0. The monoisotopic (exact) mass is 309 g/mol. The first-order valence-electron chi connectivity index (χ1n) is 6.79. The molecule has 1 aromatic carbocycles. The standard InChI is InChI=1S/C14H19N3O5/c1-10(2)16(9-14(19)20)8-7-13(18)15-11-3-5-12(6-4-11)17(21)22/h3-6,10H,7-9H2,1-2H3,(H,15,18)(H,19,20). The van der Waals surface area contributed by atoms with E-state index in [-0.39, 0.29) is 30.6 Å². The Labute approximate surface area is 127 Å². The highest BCUT2D eigenvalue weighted by Crippen LogP contribution is 2.15. The predicted molar refractivity (Wildman–Crippen MR) is 80.7 cm³/mol. The van der Waals surface area contributed by atoms with Crippen molar-refractivity contribution in [3.8, 4) is 0 Å². The van der Waals surface area contributed by atoms with Crippen molar-refractivity contribution < 1.29 is 19.6 Å². The van der Waals surface area contributed by atoms with Crippen molar-refractivity contribution in [3.05, 3.63) is 34.4 Å². The van der Waals surface area contributed by atoms with Crippen molar-refractivity contribution in [2.45, 2.75) is 26.3 Å². The molecule has 0 aliphatic rings. The molecule has 1 rings (SSSR count). The van der Waals surface area contributed by atoms with Gasteiger partial charge in [-0.3, -0.25) is 24.6 Å². The van der Waals surface area contributed by atoms with E-state index in [0.29, 0.717) is 12.2 Å². The second-order valence-corrected chi connectivity index (χ2v) is 5.06. The van der Waals surface area contributed by atoms with Crippen LogP contribution in [0.4, 0.5) is 11.4 Å². The largest absolute Gasteiger partial charge is 0.480 e. The smallest absolute Gasteiger partial charge is 0.317 e. The fraction of sp³-hybridized carbons (Fsp3) is 0.429. The molecule has 120 valence electrons. The van der Waals surface area contributed by atoms with Crippen LogP contribution in [0.3, 0.4) is 0 Å². The van der Waals surface area contributed by atoms with Crippen LogP contribution in [0.25, 0.3) is 0 Å². The Balaban J connectivity index is 2.51. The zero-order valence-corrected chi connectivity index (χ0v) is 12.5. The second-order valence-electron chi connectivity index (χ2n) is 5.06. The lowest BCUT2D eigenvalue weighted by Gasteiger charge is -2.24. The van der Waals surface area contributed by atoms with Gasteiger partial charge >= 0.3 is 5.97 Å². The molecule has 8 nitrogen and oxygen atoms in total. The molecule has 0 spiro atoms. The molecular weight excluding hydrogens is 290 g/mol. The van der Waals surface area contributed by atoms with Gasteiger partial charge in [-0.05, 0) is 26.0 Å². The Kier molecular flexibility index (Phi) is 6.46. The number of carboxylic acids is 1. The van der Waals surface area contributed by atoms with Gasteiger partial charge in [-0.25, -0.2) is 0 Å². The number of carboxylic acid groups (broad SMARTS) is 1. The van der Waals surface area contributed by atoms with Gasteiger partial charge in [0.1, 0.15) is 0 Å². The average Bonchev–Trinajstić information content (AvgIpc) is 2.43. The summed E-state index contributed by atoms with van der Waals surface area (Å²) in [5, 5.41) is 22.0. The van der Waals surface area contributed by atoms with E-state index in [1.54, 1.807) is 4.90 Å². The number of hydrogen-bond donors (Lipinski definition) is 2. The Morgan fingerprint density at radius 3 is 2.36 bits per heavy atom. The van der Waals surface area contributed by atoms with Crippen molar-refractivity contribution in [1.29, 1.82) is 0 Å². The molecule has 8 heteroatoms. The van der Waals surface area contributed by atoms with E-state index in [1.165, 1.54) is 24.3 Å². The number of amides is 1. The number of nitro benzene ring substituents is 1. The van der Waals surface area contributed by atoms with Gasteiger partial charge in [0, 0.05) is 36.8 Å². The first kappa shape index (κ1) is 17.6. The zero-order chi connectivity index (χ0) is 16.7. The second kappa shape index (κ2) is 8.08. The van der Waals surface area contributed by atoms with Gasteiger partial charge in [-0.15, -0.1) is 0 Å². The number of nitrogens with zero attached hydrogens (tertiary/aromatic N) is 2. The summed E-state index contributed by atoms with van der Waals surface area (Å²) in [5.74, 6) is -1.21. The van der Waals surface area contributed by atoms with Crippen LogP contribution in [-0.4, -0.2) is 45.9 Å². The van der Waals surface area contributed by atoms with E-state index in [2.05, 4.69) is 5.32 Å². The SMILES string of the molecule is CC(C)N(CCC(=O)Nc1ccc([N+](=O)[O-])cc1)CC(=O)O. The third-order valence-electron chi connectivity index (χ3n) is 3.06. The summed E-state index contributed by atoms with van der Waals surface area (Å²) in [6.07, 6.45) is 0.141. The number of nitrogens with one attached hydrogen (secondary N) is 1. The van der Waals surface area contributed by atoms with E-state index < -0.39 is 10.9 Å². The van der Waals surface area contributed by atoms with Crippen molar-refractivity contribution in [3.63, 3.8) is 0 Å². The van der Waals surface area contributed by atoms with Crippen LogP contribution in [0.2, 0.25) is 0 Å². The molecule has 0 saturated heterocycles. The lowest BCUT2D eigenvalue weighted by Crippen LogP contribution is -2.37. The number of hydrogen-bond acceptors (Lipinski definition) is 5. The number of rotatable bonds is 8. The fourth-order valence-electron chi connectivity index (χ4n) is 1.83. The van der Waals surface area contributed by atoms with E-state index in [4.69, 9.17) is 5.11 Å². The molecule has 0 fully saturated rings. The van der Waals surface area contributed by atoms with E-state index in [0.717, 1.165) is 0 Å². The van der Waals surface area contributed by atoms with Crippen molar-refractivity contribution in [1.82, 2.24) is 4.90 Å². The number of benzene rings is 1. The lowest BCUT2D eigenvalue weighted by atomic mass is 10.2. The quantitative estimate of drug-likeness (QED) is 0.558. The van der Waals surface area contributed by atoms with Gasteiger partial charge in [0.2, 0.25) is 5.91 Å². The first-order valence-corrected chi connectivity index (χ1v) is 6.79. The average molecular weight is 309 g/mol.